The Morgan fingerprint density at radius 3 is 2.69 bits per heavy atom. The molecule has 0 amide bonds. The van der Waals surface area contributed by atoms with E-state index in [1.165, 1.54) is 38.9 Å². The monoisotopic (exact) mass is 228 g/mol. The highest BCUT2D eigenvalue weighted by atomic mass is 16.3. The Hall–Kier alpha value is -0.120. The third kappa shape index (κ3) is 5.83. The van der Waals surface area contributed by atoms with Crippen LogP contribution in [0.3, 0.4) is 0 Å². The molecule has 1 aliphatic heterocycles. The van der Waals surface area contributed by atoms with E-state index in [9.17, 15) is 0 Å². The van der Waals surface area contributed by atoms with Crippen molar-refractivity contribution >= 4 is 0 Å². The average molecular weight is 228 g/mol. The molecule has 16 heavy (non-hydrogen) atoms. The Kier molecular flexibility index (Phi) is 7.01. The normalized spacial score (nSPS) is 21.2. The molecule has 0 radical (unpaired) electrons. The quantitative estimate of drug-likeness (QED) is 0.645. The van der Waals surface area contributed by atoms with Gasteiger partial charge in [0.1, 0.15) is 0 Å². The summed E-state index contributed by atoms with van der Waals surface area (Å²) in [6, 6.07) is 0. The van der Waals surface area contributed by atoms with Crippen LogP contribution < -0.4 is 5.32 Å². The Bertz CT molecular complexity index is 167. The fraction of sp³-hybridized carbons (Fsp3) is 1.00. The van der Waals surface area contributed by atoms with Crippen LogP contribution in [0.1, 0.15) is 32.6 Å². The number of aliphatic hydroxyl groups excluding tert-OH is 1. The van der Waals surface area contributed by atoms with E-state index in [-0.39, 0.29) is 0 Å². The lowest BCUT2D eigenvalue weighted by molar-refractivity contribution is 0.213. The summed E-state index contributed by atoms with van der Waals surface area (Å²) in [5.74, 6) is 1.34. The SMILES string of the molecule is CC(CO)CCCNCC1CCN(C)CC1. The average Bonchev–Trinajstić information content (AvgIpc) is 2.31. The lowest BCUT2D eigenvalue weighted by Gasteiger charge is -2.29. The summed E-state index contributed by atoms with van der Waals surface area (Å²) in [5.41, 5.74) is 0. The van der Waals surface area contributed by atoms with Crippen LogP contribution in [-0.2, 0) is 0 Å². The van der Waals surface area contributed by atoms with E-state index in [0.29, 0.717) is 12.5 Å². The molecule has 1 heterocycles. The first-order valence-electron chi connectivity index (χ1n) is 6.72. The topological polar surface area (TPSA) is 35.5 Å². The predicted molar refractivity (Wildman–Crippen MR) is 68.6 cm³/mol. The summed E-state index contributed by atoms with van der Waals surface area (Å²) >= 11 is 0. The van der Waals surface area contributed by atoms with Crippen LogP contribution >= 0.6 is 0 Å². The van der Waals surface area contributed by atoms with Crippen molar-refractivity contribution in [2.75, 3.05) is 39.8 Å². The van der Waals surface area contributed by atoms with Gasteiger partial charge in [-0.3, -0.25) is 0 Å². The molecule has 1 atom stereocenters. The summed E-state index contributed by atoms with van der Waals surface area (Å²) in [7, 11) is 2.21. The lowest BCUT2D eigenvalue weighted by Crippen LogP contribution is -2.35. The minimum absolute atomic E-state index is 0.328. The minimum Gasteiger partial charge on any atom is -0.396 e. The first-order chi connectivity index (χ1) is 7.72. The van der Waals surface area contributed by atoms with Crippen molar-refractivity contribution < 1.29 is 5.11 Å². The van der Waals surface area contributed by atoms with Gasteiger partial charge < -0.3 is 15.3 Å². The molecule has 3 heteroatoms. The smallest absolute Gasteiger partial charge is 0.0456 e. The Balaban J connectivity index is 1.91. The van der Waals surface area contributed by atoms with Crippen LogP contribution in [-0.4, -0.2) is 49.8 Å². The molecule has 0 saturated carbocycles. The number of hydrogen-bond acceptors (Lipinski definition) is 3. The second-order valence-electron chi connectivity index (χ2n) is 5.38. The predicted octanol–water partition coefficient (Wildman–Crippen LogP) is 1.33. The van der Waals surface area contributed by atoms with Crippen molar-refractivity contribution in [2.45, 2.75) is 32.6 Å². The Labute approximate surface area is 100 Å². The molecule has 96 valence electrons. The zero-order valence-corrected chi connectivity index (χ0v) is 10.9. The third-order valence-electron chi connectivity index (χ3n) is 3.63. The highest BCUT2D eigenvalue weighted by Gasteiger charge is 2.15. The lowest BCUT2D eigenvalue weighted by atomic mass is 9.97. The van der Waals surface area contributed by atoms with Crippen LogP contribution in [0.4, 0.5) is 0 Å². The third-order valence-corrected chi connectivity index (χ3v) is 3.63. The van der Waals surface area contributed by atoms with Crippen LogP contribution in [0.25, 0.3) is 0 Å². The van der Waals surface area contributed by atoms with Gasteiger partial charge in [-0.2, -0.15) is 0 Å². The molecule has 1 unspecified atom stereocenters. The van der Waals surface area contributed by atoms with Crippen molar-refractivity contribution in [3.63, 3.8) is 0 Å². The van der Waals surface area contributed by atoms with E-state index < -0.39 is 0 Å². The molecule has 0 aromatic rings. The van der Waals surface area contributed by atoms with E-state index in [4.69, 9.17) is 5.11 Å². The van der Waals surface area contributed by atoms with Gasteiger partial charge in [-0.05, 0) is 70.7 Å². The van der Waals surface area contributed by atoms with E-state index in [2.05, 4.69) is 24.2 Å². The molecule has 0 aromatic heterocycles. The molecule has 0 bridgehead atoms. The molecule has 0 aromatic carbocycles. The number of likely N-dealkylation sites (tertiary alicyclic amines) is 1. The molecule has 0 spiro atoms. The van der Waals surface area contributed by atoms with Gasteiger partial charge in [0.05, 0.1) is 0 Å². The maximum atomic E-state index is 8.89. The van der Waals surface area contributed by atoms with Crippen molar-refractivity contribution in [1.82, 2.24) is 10.2 Å². The van der Waals surface area contributed by atoms with Gasteiger partial charge in [-0.25, -0.2) is 0 Å². The van der Waals surface area contributed by atoms with E-state index in [0.717, 1.165) is 18.9 Å². The van der Waals surface area contributed by atoms with E-state index in [1.54, 1.807) is 0 Å². The molecule has 1 saturated heterocycles. The number of nitrogens with one attached hydrogen (secondary N) is 1. The van der Waals surface area contributed by atoms with Crippen LogP contribution in [0.5, 0.6) is 0 Å². The van der Waals surface area contributed by atoms with Crippen molar-refractivity contribution in [3.05, 3.63) is 0 Å². The zero-order chi connectivity index (χ0) is 11.8. The highest BCUT2D eigenvalue weighted by Crippen LogP contribution is 2.14. The largest absolute Gasteiger partial charge is 0.396 e. The van der Waals surface area contributed by atoms with Crippen molar-refractivity contribution in [2.24, 2.45) is 11.8 Å². The first kappa shape index (κ1) is 13.9. The zero-order valence-electron chi connectivity index (χ0n) is 10.9. The molecule has 1 fully saturated rings. The highest BCUT2D eigenvalue weighted by molar-refractivity contribution is 4.71. The molecule has 0 aliphatic carbocycles. The van der Waals surface area contributed by atoms with Gasteiger partial charge >= 0.3 is 0 Å². The van der Waals surface area contributed by atoms with Gasteiger partial charge in [0.25, 0.3) is 0 Å². The van der Waals surface area contributed by atoms with Crippen LogP contribution in [0.15, 0.2) is 0 Å². The number of rotatable bonds is 7. The second-order valence-corrected chi connectivity index (χ2v) is 5.38. The Morgan fingerprint density at radius 1 is 1.38 bits per heavy atom. The van der Waals surface area contributed by atoms with Gasteiger partial charge in [0.15, 0.2) is 0 Å². The molecular formula is C13H28N2O. The summed E-state index contributed by atoms with van der Waals surface area (Å²) < 4.78 is 0. The van der Waals surface area contributed by atoms with Crippen LogP contribution in [0, 0.1) is 11.8 Å². The Morgan fingerprint density at radius 2 is 2.06 bits per heavy atom. The fourth-order valence-corrected chi connectivity index (χ4v) is 2.24. The molecular weight excluding hydrogens is 200 g/mol. The summed E-state index contributed by atoms with van der Waals surface area (Å²) in [6.45, 7) is 7.24. The first-order valence-corrected chi connectivity index (χ1v) is 6.72. The van der Waals surface area contributed by atoms with E-state index in [1.807, 2.05) is 0 Å². The number of hydrogen-bond donors (Lipinski definition) is 2. The second kappa shape index (κ2) is 8.04. The maximum Gasteiger partial charge on any atom is 0.0456 e. The fourth-order valence-electron chi connectivity index (χ4n) is 2.24. The number of piperidine rings is 1. The van der Waals surface area contributed by atoms with Gasteiger partial charge in [0, 0.05) is 6.61 Å². The van der Waals surface area contributed by atoms with Crippen molar-refractivity contribution in [1.29, 1.82) is 0 Å². The molecule has 3 nitrogen and oxygen atoms in total. The number of nitrogens with zero attached hydrogens (tertiary/aromatic N) is 1. The van der Waals surface area contributed by atoms with Crippen molar-refractivity contribution in [3.8, 4) is 0 Å². The van der Waals surface area contributed by atoms with Gasteiger partial charge in [0.2, 0.25) is 0 Å². The van der Waals surface area contributed by atoms with Gasteiger partial charge in [-0.15, -0.1) is 0 Å². The minimum atomic E-state index is 0.328. The van der Waals surface area contributed by atoms with E-state index >= 15 is 0 Å². The maximum absolute atomic E-state index is 8.89. The summed E-state index contributed by atoms with van der Waals surface area (Å²) in [5, 5.41) is 12.4. The van der Waals surface area contributed by atoms with Crippen LogP contribution in [0.2, 0.25) is 0 Å². The number of aliphatic hydroxyl groups is 1. The molecule has 1 rings (SSSR count). The summed E-state index contributed by atoms with van der Waals surface area (Å²) in [6.07, 6.45) is 5.01. The summed E-state index contributed by atoms with van der Waals surface area (Å²) in [4.78, 5) is 2.42. The molecule has 1 aliphatic rings. The van der Waals surface area contributed by atoms with Gasteiger partial charge in [-0.1, -0.05) is 6.92 Å². The molecule has 2 N–H and O–H groups in total. The standard InChI is InChI=1S/C13H28N2O/c1-12(11-16)4-3-7-14-10-13-5-8-15(2)9-6-13/h12-14,16H,3-11H2,1-2H3.